The Morgan fingerprint density at radius 3 is 2.19 bits per heavy atom. The number of rotatable bonds is 8. The van der Waals surface area contributed by atoms with E-state index in [0.717, 1.165) is 11.1 Å². The third-order valence-corrected chi connectivity index (χ3v) is 13.7. The van der Waals surface area contributed by atoms with Crippen LogP contribution < -0.4 is 19.2 Å². The summed E-state index contributed by atoms with van der Waals surface area (Å²) in [5.74, 6) is 1.06. The molecule has 2 amide bonds. The maximum Gasteiger partial charge on any atom is 0.260 e. The lowest BCUT2D eigenvalue weighted by atomic mass is 10.0. The zero-order chi connectivity index (χ0) is 27.1. The van der Waals surface area contributed by atoms with Crippen molar-refractivity contribution in [2.24, 2.45) is 0 Å². The molecule has 2 aliphatic heterocycles. The number of hydrogen-bond donors (Lipinski definition) is 1. The molecule has 8 nitrogen and oxygen atoms in total. The third-order valence-electron chi connectivity index (χ3n) is 7.68. The van der Waals surface area contributed by atoms with Crippen LogP contribution in [0.25, 0.3) is 5.57 Å². The van der Waals surface area contributed by atoms with Gasteiger partial charge in [0.2, 0.25) is 11.8 Å². The highest BCUT2D eigenvalue weighted by atomic mass is 28.4. The maximum absolute atomic E-state index is 13.7. The Balaban J connectivity index is 1.73. The normalized spacial score (nSPS) is 17.4. The van der Waals surface area contributed by atoms with Gasteiger partial charge < -0.3 is 24.1 Å². The third kappa shape index (κ3) is 4.61. The molecule has 4 rings (SSSR count). The molecule has 0 radical (unpaired) electrons. The van der Waals surface area contributed by atoms with Crippen LogP contribution in [0, 0.1) is 0 Å². The van der Waals surface area contributed by atoms with E-state index >= 15 is 0 Å². The predicted molar refractivity (Wildman–Crippen MR) is 147 cm³/mol. The lowest BCUT2D eigenvalue weighted by Gasteiger charge is -2.42. The quantitative estimate of drug-likeness (QED) is 0.436. The van der Waals surface area contributed by atoms with E-state index in [2.05, 4.69) is 51.8 Å². The second-order valence-corrected chi connectivity index (χ2v) is 16.0. The van der Waals surface area contributed by atoms with E-state index in [9.17, 15) is 9.59 Å². The molecule has 0 aliphatic carbocycles. The Morgan fingerprint density at radius 1 is 0.973 bits per heavy atom. The van der Waals surface area contributed by atoms with Gasteiger partial charge in [0.1, 0.15) is 11.8 Å². The number of ether oxygens (including phenoxy) is 2. The minimum Gasteiger partial charge on any atom is -0.540 e. The summed E-state index contributed by atoms with van der Waals surface area (Å²) in [6.07, 6.45) is 3.83. The molecule has 198 valence electrons. The van der Waals surface area contributed by atoms with Crippen LogP contribution >= 0.6 is 0 Å². The number of methoxy groups -OCH3 is 2. The lowest BCUT2D eigenvalue weighted by Crippen LogP contribution is -2.50. The van der Waals surface area contributed by atoms with Gasteiger partial charge in [0.25, 0.3) is 14.2 Å². The largest absolute Gasteiger partial charge is 0.540 e. The summed E-state index contributed by atoms with van der Waals surface area (Å²) in [5.41, 5.74) is 3.59. The van der Waals surface area contributed by atoms with Gasteiger partial charge in [-0.25, -0.2) is 4.98 Å². The summed E-state index contributed by atoms with van der Waals surface area (Å²) in [5, 5.41) is 2.99. The van der Waals surface area contributed by atoms with Crippen LogP contribution in [-0.4, -0.2) is 50.3 Å². The molecule has 1 atom stereocenters. The maximum atomic E-state index is 13.7. The fourth-order valence-corrected chi connectivity index (χ4v) is 11.1. The van der Waals surface area contributed by atoms with E-state index in [1.165, 1.54) is 4.90 Å². The summed E-state index contributed by atoms with van der Waals surface area (Å²) >= 11 is 0. The first-order chi connectivity index (χ1) is 17.5. The fraction of sp³-hybridized carbons (Fsp3) is 0.464. The highest BCUT2D eigenvalue weighted by Gasteiger charge is 2.48. The Kier molecular flexibility index (Phi) is 7.37. The topological polar surface area (TPSA) is 90.0 Å². The molecule has 37 heavy (non-hydrogen) atoms. The molecule has 0 fully saturated rings. The Bertz CT molecular complexity index is 1200. The SMILES string of the molecule is COc1ccc(C2=CN3C(=O)c4cc(OC)c(O[Si](C(C)C)(C(C)C)C(C)C)cc4NC(=O)[C@@H]3C2)cn1. The molecule has 3 heterocycles. The van der Waals surface area contributed by atoms with Crippen LogP contribution in [0.4, 0.5) is 5.69 Å². The van der Waals surface area contributed by atoms with Gasteiger partial charge in [-0.05, 0) is 39.9 Å². The highest BCUT2D eigenvalue weighted by molar-refractivity contribution is 6.78. The summed E-state index contributed by atoms with van der Waals surface area (Å²) in [7, 11) is 0.836. The van der Waals surface area contributed by atoms with E-state index in [1.807, 2.05) is 6.07 Å². The molecule has 0 unspecified atom stereocenters. The molecule has 1 aromatic carbocycles. The number of carbonyl (C=O) groups excluding carboxylic acids is 2. The first kappa shape index (κ1) is 26.7. The van der Waals surface area contributed by atoms with E-state index in [4.69, 9.17) is 13.9 Å². The first-order valence-corrected chi connectivity index (χ1v) is 14.9. The van der Waals surface area contributed by atoms with Crippen molar-refractivity contribution < 1.29 is 23.5 Å². The van der Waals surface area contributed by atoms with Crippen LogP contribution in [0.5, 0.6) is 17.4 Å². The van der Waals surface area contributed by atoms with Gasteiger partial charge in [-0.3, -0.25) is 9.59 Å². The number of nitrogens with one attached hydrogen (secondary N) is 1. The average molecular weight is 524 g/mol. The van der Waals surface area contributed by atoms with Crippen LogP contribution in [0.2, 0.25) is 16.6 Å². The average Bonchev–Trinajstić information content (AvgIpc) is 3.28. The van der Waals surface area contributed by atoms with Crippen molar-refractivity contribution in [3.63, 3.8) is 0 Å². The molecular formula is C28H37N3O5Si. The van der Waals surface area contributed by atoms with Gasteiger partial charge in [0.15, 0.2) is 5.75 Å². The van der Waals surface area contributed by atoms with Crippen molar-refractivity contribution in [1.82, 2.24) is 9.88 Å². The molecule has 0 saturated carbocycles. The van der Waals surface area contributed by atoms with Gasteiger partial charge >= 0.3 is 0 Å². The van der Waals surface area contributed by atoms with Crippen molar-refractivity contribution in [2.45, 2.75) is 70.6 Å². The predicted octanol–water partition coefficient (Wildman–Crippen LogP) is 5.86. The number of anilines is 1. The summed E-state index contributed by atoms with van der Waals surface area (Å²) in [4.78, 5) is 32.8. The van der Waals surface area contributed by atoms with Crippen molar-refractivity contribution in [3.05, 3.63) is 47.8 Å². The van der Waals surface area contributed by atoms with Gasteiger partial charge in [-0.15, -0.1) is 0 Å². The second-order valence-electron chi connectivity index (χ2n) is 10.6. The fourth-order valence-electron chi connectivity index (χ4n) is 5.90. The number of pyridine rings is 1. The summed E-state index contributed by atoms with van der Waals surface area (Å²) in [6, 6.07) is 6.44. The molecule has 0 bridgehead atoms. The number of amides is 2. The minimum absolute atomic E-state index is 0.240. The number of hydrogen-bond acceptors (Lipinski definition) is 6. The number of aromatic nitrogens is 1. The Hall–Kier alpha value is -3.33. The van der Waals surface area contributed by atoms with Gasteiger partial charge in [0.05, 0.1) is 25.5 Å². The number of carbonyl (C=O) groups is 2. The van der Waals surface area contributed by atoms with Crippen molar-refractivity contribution in [2.75, 3.05) is 19.5 Å². The molecule has 1 N–H and O–H groups in total. The second kappa shape index (κ2) is 10.2. The smallest absolute Gasteiger partial charge is 0.260 e. The Labute approximate surface area is 220 Å². The lowest BCUT2D eigenvalue weighted by molar-refractivity contribution is -0.119. The molecule has 9 heteroatoms. The highest BCUT2D eigenvalue weighted by Crippen LogP contribution is 2.46. The van der Waals surface area contributed by atoms with Crippen LogP contribution in [-0.2, 0) is 4.79 Å². The molecule has 0 saturated heterocycles. The van der Waals surface area contributed by atoms with Crippen molar-refractivity contribution >= 4 is 31.4 Å². The molecule has 1 aromatic heterocycles. The monoisotopic (exact) mass is 523 g/mol. The van der Waals surface area contributed by atoms with Gasteiger partial charge in [-0.1, -0.05) is 41.5 Å². The molecular weight excluding hydrogens is 486 g/mol. The van der Waals surface area contributed by atoms with E-state index in [0.29, 0.717) is 51.7 Å². The number of nitrogens with zero attached hydrogens (tertiary/aromatic N) is 2. The zero-order valence-corrected chi connectivity index (χ0v) is 23.9. The first-order valence-electron chi connectivity index (χ1n) is 12.8. The van der Waals surface area contributed by atoms with E-state index in [1.54, 1.807) is 44.8 Å². The van der Waals surface area contributed by atoms with Crippen LogP contribution in [0.15, 0.2) is 36.7 Å². The number of benzene rings is 1. The molecule has 0 spiro atoms. The summed E-state index contributed by atoms with van der Waals surface area (Å²) in [6.45, 7) is 13.3. The van der Waals surface area contributed by atoms with E-state index < -0.39 is 14.4 Å². The van der Waals surface area contributed by atoms with E-state index in [-0.39, 0.29) is 11.8 Å². The van der Waals surface area contributed by atoms with Gasteiger partial charge in [0, 0.05) is 31.0 Å². The zero-order valence-electron chi connectivity index (χ0n) is 22.9. The van der Waals surface area contributed by atoms with Crippen molar-refractivity contribution in [1.29, 1.82) is 0 Å². The molecule has 2 aromatic rings. The van der Waals surface area contributed by atoms with Crippen LogP contribution in [0.1, 0.15) is 63.9 Å². The van der Waals surface area contributed by atoms with Gasteiger partial charge in [-0.2, -0.15) is 0 Å². The molecule has 2 aliphatic rings. The minimum atomic E-state index is -2.30. The standard InChI is InChI=1S/C28H37N3O5Si/c1-16(2)37(17(3)4,18(5)6)36-25-13-22-21(12-24(25)34-7)28(33)31-15-20(11-23(31)27(32)30-22)19-9-10-26(35-8)29-14-19/h9-10,12-18,23H,11H2,1-8H3,(H,30,32)/t23-/m0/s1. The van der Waals surface area contributed by atoms with Crippen LogP contribution in [0.3, 0.4) is 0 Å². The van der Waals surface area contributed by atoms with Crippen molar-refractivity contribution in [3.8, 4) is 17.4 Å². The number of fused-ring (bicyclic) bond motifs is 2. The Morgan fingerprint density at radius 2 is 1.65 bits per heavy atom. The summed E-state index contributed by atoms with van der Waals surface area (Å²) < 4.78 is 17.7.